The van der Waals surface area contributed by atoms with Gasteiger partial charge in [-0.2, -0.15) is 0 Å². The van der Waals surface area contributed by atoms with Crippen LogP contribution in [0.3, 0.4) is 0 Å². The highest BCUT2D eigenvalue weighted by atomic mass is 16.4. The zero-order valence-electron chi connectivity index (χ0n) is 10.3. The van der Waals surface area contributed by atoms with Crippen molar-refractivity contribution in [1.82, 2.24) is 5.32 Å². The fourth-order valence-electron chi connectivity index (χ4n) is 1.53. The Bertz CT molecular complexity index is 392. The number of para-hydroxylation sites is 1. The van der Waals surface area contributed by atoms with Gasteiger partial charge >= 0.3 is 5.97 Å². The minimum absolute atomic E-state index is 0.0670. The van der Waals surface area contributed by atoms with Crippen molar-refractivity contribution in [3.8, 4) is 0 Å². The standard InChI is InChI=1S/C13H18N2O3/c1-2-6-11(13(17)18)15-12(16)9-14-10-7-4-3-5-8-10/h3-5,7-8,11,14H,2,6,9H2,1H3,(H,15,16)(H,17,18)/t11-/m1/s1. The van der Waals surface area contributed by atoms with Crippen LogP contribution in [0.5, 0.6) is 0 Å². The molecule has 0 aliphatic heterocycles. The molecule has 0 aliphatic rings. The lowest BCUT2D eigenvalue weighted by atomic mass is 10.1. The van der Waals surface area contributed by atoms with Crippen LogP contribution >= 0.6 is 0 Å². The first kappa shape index (κ1) is 14.0. The van der Waals surface area contributed by atoms with E-state index in [9.17, 15) is 9.59 Å². The average Bonchev–Trinajstić information content (AvgIpc) is 2.37. The maximum atomic E-state index is 11.6. The number of hydrogen-bond acceptors (Lipinski definition) is 3. The summed E-state index contributed by atoms with van der Waals surface area (Å²) in [6, 6.07) is 8.48. The number of carboxylic acids is 1. The normalized spacial score (nSPS) is 11.6. The van der Waals surface area contributed by atoms with Crippen LogP contribution in [0.25, 0.3) is 0 Å². The molecule has 0 saturated heterocycles. The lowest BCUT2D eigenvalue weighted by Crippen LogP contribution is -2.43. The molecule has 0 unspecified atom stereocenters. The summed E-state index contributed by atoms with van der Waals surface area (Å²) < 4.78 is 0. The summed E-state index contributed by atoms with van der Waals surface area (Å²) in [5.74, 6) is -1.32. The summed E-state index contributed by atoms with van der Waals surface area (Å²) in [4.78, 5) is 22.4. The van der Waals surface area contributed by atoms with Gasteiger partial charge in [-0.1, -0.05) is 31.5 Å². The van der Waals surface area contributed by atoms with E-state index in [2.05, 4.69) is 10.6 Å². The molecular formula is C13H18N2O3. The topological polar surface area (TPSA) is 78.4 Å². The third-order valence-corrected chi connectivity index (χ3v) is 2.44. The van der Waals surface area contributed by atoms with E-state index in [-0.39, 0.29) is 12.5 Å². The summed E-state index contributed by atoms with van der Waals surface area (Å²) in [5, 5.41) is 14.3. The molecule has 0 spiro atoms. The molecule has 5 nitrogen and oxygen atoms in total. The molecule has 0 radical (unpaired) electrons. The van der Waals surface area contributed by atoms with Crippen LogP contribution in [0.15, 0.2) is 30.3 Å². The number of carbonyl (C=O) groups excluding carboxylic acids is 1. The number of aliphatic carboxylic acids is 1. The predicted octanol–water partition coefficient (Wildman–Crippen LogP) is 1.47. The maximum Gasteiger partial charge on any atom is 0.326 e. The summed E-state index contributed by atoms with van der Waals surface area (Å²) in [7, 11) is 0. The average molecular weight is 250 g/mol. The number of hydrogen-bond donors (Lipinski definition) is 3. The van der Waals surface area contributed by atoms with Gasteiger partial charge in [-0.15, -0.1) is 0 Å². The molecule has 1 rings (SSSR count). The first-order chi connectivity index (χ1) is 8.63. The summed E-state index contributed by atoms with van der Waals surface area (Å²) >= 11 is 0. The van der Waals surface area contributed by atoms with E-state index in [4.69, 9.17) is 5.11 Å². The third kappa shape index (κ3) is 4.86. The second kappa shape index (κ2) is 7.32. The van der Waals surface area contributed by atoms with Crippen molar-refractivity contribution in [1.29, 1.82) is 0 Å². The summed E-state index contributed by atoms with van der Waals surface area (Å²) in [6.45, 7) is 1.95. The van der Waals surface area contributed by atoms with Gasteiger partial charge in [-0.05, 0) is 18.6 Å². The van der Waals surface area contributed by atoms with Crippen LogP contribution in [0.4, 0.5) is 5.69 Å². The molecule has 98 valence electrons. The molecule has 1 aromatic rings. The van der Waals surface area contributed by atoms with E-state index < -0.39 is 12.0 Å². The minimum Gasteiger partial charge on any atom is -0.480 e. The third-order valence-electron chi connectivity index (χ3n) is 2.44. The Morgan fingerprint density at radius 3 is 2.50 bits per heavy atom. The van der Waals surface area contributed by atoms with Gasteiger partial charge in [0.25, 0.3) is 0 Å². The van der Waals surface area contributed by atoms with Gasteiger partial charge in [0.1, 0.15) is 6.04 Å². The second-order valence-corrected chi connectivity index (χ2v) is 3.97. The smallest absolute Gasteiger partial charge is 0.326 e. The molecule has 3 N–H and O–H groups in total. The van der Waals surface area contributed by atoms with Gasteiger partial charge in [0, 0.05) is 5.69 Å². The molecule has 0 aliphatic carbocycles. The number of benzene rings is 1. The molecule has 5 heteroatoms. The van der Waals surface area contributed by atoms with Crippen LogP contribution in [0.1, 0.15) is 19.8 Å². The number of nitrogens with one attached hydrogen (secondary N) is 2. The fraction of sp³-hybridized carbons (Fsp3) is 0.385. The predicted molar refractivity (Wildman–Crippen MR) is 69.4 cm³/mol. The van der Waals surface area contributed by atoms with Crippen molar-refractivity contribution in [2.24, 2.45) is 0 Å². The Morgan fingerprint density at radius 2 is 1.94 bits per heavy atom. The van der Waals surface area contributed by atoms with Gasteiger partial charge in [-0.25, -0.2) is 4.79 Å². The van der Waals surface area contributed by atoms with Crippen LogP contribution < -0.4 is 10.6 Å². The largest absolute Gasteiger partial charge is 0.480 e. The Labute approximate surface area is 106 Å². The van der Waals surface area contributed by atoms with Crippen LogP contribution in [0, 0.1) is 0 Å². The molecule has 0 saturated carbocycles. The van der Waals surface area contributed by atoms with Crippen molar-refractivity contribution in [3.63, 3.8) is 0 Å². The van der Waals surface area contributed by atoms with Crippen LogP contribution in [-0.4, -0.2) is 29.6 Å². The second-order valence-electron chi connectivity index (χ2n) is 3.97. The molecule has 18 heavy (non-hydrogen) atoms. The van der Waals surface area contributed by atoms with Gasteiger partial charge < -0.3 is 15.7 Å². The van der Waals surface area contributed by atoms with E-state index in [0.29, 0.717) is 12.8 Å². The van der Waals surface area contributed by atoms with E-state index in [1.165, 1.54) is 0 Å². The van der Waals surface area contributed by atoms with Crippen LogP contribution in [-0.2, 0) is 9.59 Å². The number of carboxylic acid groups (broad SMARTS) is 1. The zero-order chi connectivity index (χ0) is 13.4. The van der Waals surface area contributed by atoms with Crippen molar-refractivity contribution >= 4 is 17.6 Å². The quantitative estimate of drug-likeness (QED) is 0.684. The van der Waals surface area contributed by atoms with E-state index in [1.54, 1.807) is 0 Å². The van der Waals surface area contributed by atoms with Crippen molar-refractivity contribution in [2.45, 2.75) is 25.8 Å². The monoisotopic (exact) mass is 250 g/mol. The number of amides is 1. The zero-order valence-corrected chi connectivity index (χ0v) is 10.3. The molecule has 0 aromatic heterocycles. The molecule has 1 aromatic carbocycles. The van der Waals surface area contributed by atoms with Gasteiger partial charge in [0.2, 0.25) is 5.91 Å². The van der Waals surface area contributed by atoms with Crippen molar-refractivity contribution < 1.29 is 14.7 Å². The SMILES string of the molecule is CCC[C@@H](NC(=O)CNc1ccccc1)C(=O)O. The summed E-state index contributed by atoms with van der Waals surface area (Å²) in [5.41, 5.74) is 0.829. The van der Waals surface area contributed by atoms with Gasteiger partial charge in [0.15, 0.2) is 0 Å². The molecule has 0 bridgehead atoms. The Kier molecular flexibility index (Phi) is 5.70. The molecule has 0 fully saturated rings. The van der Waals surface area contributed by atoms with Crippen molar-refractivity contribution in [2.75, 3.05) is 11.9 Å². The highest BCUT2D eigenvalue weighted by Gasteiger charge is 2.18. The van der Waals surface area contributed by atoms with Gasteiger partial charge in [0.05, 0.1) is 6.54 Å². The maximum absolute atomic E-state index is 11.6. The molecule has 1 amide bonds. The Hall–Kier alpha value is -2.04. The molecular weight excluding hydrogens is 232 g/mol. The van der Waals surface area contributed by atoms with Crippen LogP contribution in [0.2, 0.25) is 0 Å². The Morgan fingerprint density at radius 1 is 1.28 bits per heavy atom. The lowest BCUT2D eigenvalue weighted by Gasteiger charge is -2.14. The Balaban J connectivity index is 2.39. The number of carbonyl (C=O) groups is 2. The van der Waals surface area contributed by atoms with Gasteiger partial charge in [-0.3, -0.25) is 4.79 Å². The van der Waals surface area contributed by atoms with E-state index in [1.807, 2.05) is 37.3 Å². The van der Waals surface area contributed by atoms with E-state index >= 15 is 0 Å². The van der Waals surface area contributed by atoms with E-state index in [0.717, 1.165) is 5.69 Å². The lowest BCUT2D eigenvalue weighted by molar-refractivity contribution is -0.141. The first-order valence-electron chi connectivity index (χ1n) is 5.94. The highest BCUT2D eigenvalue weighted by Crippen LogP contribution is 2.04. The number of anilines is 1. The summed E-state index contributed by atoms with van der Waals surface area (Å²) in [6.07, 6.45) is 1.15. The van der Waals surface area contributed by atoms with Crippen molar-refractivity contribution in [3.05, 3.63) is 30.3 Å². The highest BCUT2D eigenvalue weighted by molar-refractivity contribution is 5.86. The molecule has 1 atom stereocenters. The first-order valence-corrected chi connectivity index (χ1v) is 5.94. The molecule has 0 heterocycles. The minimum atomic E-state index is -0.995. The fourth-order valence-corrected chi connectivity index (χ4v) is 1.53. The number of rotatable bonds is 7.